The minimum atomic E-state index is -3.43. The number of aromatic amines is 2. The average molecular weight is 530 g/mol. The monoisotopic (exact) mass is 529 g/mol. The summed E-state index contributed by atoms with van der Waals surface area (Å²) in [6.07, 6.45) is 5.64. The third-order valence-electron chi connectivity index (χ3n) is 6.02. The van der Waals surface area contributed by atoms with E-state index < -0.39 is 15.8 Å². The molecule has 0 aliphatic heterocycles. The molecule has 4 N–H and O–H groups in total. The number of halogens is 1. The predicted molar refractivity (Wildman–Crippen MR) is 141 cm³/mol. The van der Waals surface area contributed by atoms with Crippen LogP contribution in [0.15, 0.2) is 67.1 Å². The minimum Gasteiger partial charge on any atom is -0.506 e. The molecule has 0 aliphatic rings. The number of nitrogens with zero attached hydrogens (tertiary/aromatic N) is 4. The molecular formula is C26H20FN7O3S. The summed E-state index contributed by atoms with van der Waals surface area (Å²) < 4.78 is 39.9. The lowest BCUT2D eigenvalue weighted by atomic mass is 10.0. The van der Waals surface area contributed by atoms with E-state index in [1.807, 2.05) is 18.2 Å². The van der Waals surface area contributed by atoms with Crippen molar-refractivity contribution < 1.29 is 17.9 Å². The van der Waals surface area contributed by atoms with Gasteiger partial charge >= 0.3 is 0 Å². The highest BCUT2D eigenvalue weighted by atomic mass is 32.2. The van der Waals surface area contributed by atoms with Crippen LogP contribution in [0.2, 0.25) is 0 Å². The topological polar surface area (TPSA) is 150 Å². The highest BCUT2D eigenvalue weighted by Gasteiger charge is 2.17. The maximum atomic E-state index is 14.5. The first kappa shape index (κ1) is 23.7. The van der Waals surface area contributed by atoms with Gasteiger partial charge in [-0.05, 0) is 65.2 Å². The van der Waals surface area contributed by atoms with E-state index in [1.54, 1.807) is 30.6 Å². The number of rotatable bonds is 6. The Hall–Kier alpha value is -4.68. The zero-order valence-electron chi connectivity index (χ0n) is 19.9. The van der Waals surface area contributed by atoms with Crippen LogP contribution < -0.4 is 4.72 Å². The van der Waals surface area contributed by atoms with Crippen molar-refractivity contribution in [2.75, 3.05) is 6.26 Å². The Morgan fingerprint density at radius 3 is 2.74 bits per heavy atom. The molecule has 0 saturated heterocycles. The summed E-state index contributed by atoms with van der Waals surface area (Å²) in [4.78, 5) is 16.5. The first-order chi connectivity index (χ1) is 18.2. The standard InChI is InChI=1S/C26H20FN7O3S/c1-38(36,37)30-11-14-6-15(8-17(27)7-14)19-4-5-29-26-20(19)10-23(32-26)25-24-22(33-34-25)3-2-21(31-24)16-9-18(35)13-28-12-16/h2-10,12-13,30,35H,11H2,1H3,(H,29,32)(H,33,34). The largest absolute Gasteiger partial charge is 0.506 e. The highest BCUT2D eigenvalue weighted by molar-refractivity contribution is 7.88. The van der Waals surface area contributed by atoms with Gasteiger partial charge in [-0.25, -0.2) is 27.5 Å². The summed E-state index contributed by atoms with van der Waals surface area (Å²) in [5, 5.41) is 18.0. The summed E-state index contributed by atoms with van der Waals surface area (Å²) in [6.45, 7) is -0.0296. The molecule has 6 rings (SSSR count). The lowest BCUT2D eigenvalue weighted by Gasteiger charge is -2.08. The number of benzene rings is 1. The molecule has 0 spiro atoms. The first-order valence-electron chi connectivity index (χ1n) is 11.5. The Kier molecular flexibility index (Phi) is 5.62. The van der Waals surface area contributed by atoms with Crippen molar-refractivity contribution in [2.45, 2.75) is 6.54 Å². The van der Waals surface area contributed by atoms with Crippen molar-refractivity contribution in [3.63, 3.8) is 0 Å². The van der Waals surface area contributed by atoms with E-state index in [9.17, 15) is 17.9 Å². The summed E-state index contributed by atoms with van der Waals surface area (Å²) in [6, 6.07) is 13.3. The van der Waals surface area contributed by atoms with E-state index >= 15 is 0 Å². The third kappa shape index (κ3) is 4.58. The number of sulfonamides is 1. The molecule has 5 heterocycles. The molecule has 12 heteroatoms. The van der Waals surface area contributed by atoms with Gasteiger partial charge in [-0.15, -0.1) is 0 Å². The lowest BCUT2D eigenvalue weighted by molar-refractivity contribution is 0.473. The molecule has 6 aromatic rings. The summed E-state index contributed by atoms with van der Waals surface area (Å²) >= 11 is 0. The van der Waals surface area contributed by atoms with Crippen molar-refractivity contribution in [1.82, 2.24) is 34.9 Å². The minimum absolute atomic E-state index is 0.0296. The van der Waals surface area contributed by atoms with Gasteiger partial charge in [0.2, 0.25) is 10.0 Å². The average Bonchev–Trinajstić information content (AvgIpc) is 3.50. The van der Waals surface area contributed by atoms with E-state index in [0.29, 0.717) is 44.9 Å². The van der Waals surface area contributed by atoms with Gasteiger partial charge in [-0.1, -0.05) is 0 Å². The normalized spacial score (nSPS) is 11.9. The van der Waals surface area contributed by atoms with Crippen LogP contribution in [0, 0.1) is 5.82 Å². The van der Waals surface area contributed by atoms with Crippen molar-refractivity contribution in [3.05, 3.63) is 78.5 Å². The number of fused-ring (bicyclic) bond motifs is 2. The molecule has 5 aromatic heterocycles. The van der Waals surface area contributed by atoms with E-state index in [0.717, 1.165) is 22.7 Å². The molecule has 0 radical (unpaired) electrons. The van der Waals surface area contributed by atoms with Crippen LogP contribution >= 0.6 is 0 Å². The van der Waals surface area contributed by atoms with E-state index in [-0.39, 0.29) is 12.3 Å². The summed E-state index contributed by atoms with van der Waals surface area (Å²) in [5.74, 6) is -0.441. The zero-order valence-corrected chi connectivity index (χ0v) is 20.7. The second kappa shape index (κ2) is 9.01. The Labute approximate surface area is 215 Å². The molecule has 0 atom stereocenters. The Morgan fingerprint density at radius 2 is 1.92 bits per heavy atom. The number of pyridine rings is 3. The Balaban J connectivity index is 1.43. The van der Waals surface area contributed by atoms with Gasteiger partial charge in [0.1, 0.15) is 28.4 Å². The number of H-pyrrole nitrogens is 2. The van der Waals surface area contributed by atoms with Crippen LogP contribution in [0.4, 0.5) is 4.39 Å². The van der Waals surface area contributed by atoms with Crippen LogP contribution in [0.5, 0.6) is 5.75 Å². The van der Waals surface area contributed by atoms with Crippen LogP contribution in [0.25, 0.3) is 55.8 Å². The van der Waals surface area contributed by atoms with E-state index in [1.165, 1.54) is 18.3 Å². The molecule has 10 nitrogen and oxygen atoms in total. The van der Waals surface area contributed by atoms with Gasteiger partial charge < -0.3 is 10.1 Å². The van der Waals surface area contributed by atoms with E-state index in [2.05, 4.69) is 29.9 Å². The van der Waals surface area contributed by atoms with Gasteiger partial charge in [0.25, 0.3) is 0 Å². The molecule has 0 unspecified atom stereocenters. The van der Waals surface area contributed by atoms with Crippen molar-refractivity contribution >= 4 is 32.1 Å². The van der Waals surface area contributed by atoms with Crippen LogP contribution in [-0.4, -0.2) is 49.9 Å². The maximum Gasteiger partial charge on any atom is 0.209 e. The molecule has 0 amide bonds. The molecule has 0 fully saturated rings. The quantitative estimate of drug-likeness (QED) is 0.253. The number of hydrogen-bond acceptors (Lipinski definition) is 7. The summed E-state index contributed by atoms with van der Waals surface area (Å²) in [5.41, 5.74) is 6.19. The van der Waals surface area contributed by atoms with Crippen molar-refractivity contribution in [3.8, 4) is 39.5 Å². The van der Waals surface area contributed by atoms with Gasteiger partial charge in [0.15, 0.2) is 0 Å². The number of hydrogen-bond donors (Lipinski definition) is 4. The van der Waals surface area contributed by atoms with Gasteiger partial charge in [-0.2, -0.15) is 5.10 Å². The van der Waals surface area contributed by atoms with Crippen molar-refractivity contribution in [2.24, 2.45) is 0 Å². The van der Waals surface area contributed by atoms with Gasteiger partial charge in [-0.3, -0.25) is 10.1 Å². The number of aromatic nitrogens is 6. The van der Waals surface area contributed by atoms with Gasteiger partial charge in [0.05, 0.1) is 29.4 Å². The molecule has 38 heavy (non-hydrogen) atoms. The molecule has 1 aromatic carbocycles. The van der Waals surface area contributed by atoms with E-state index in [4.69, 9.17) is 4.98 Å². The van der Waals surface area contributed by atoms with Crippen LogP contribution in [-0.2, 0) is 16.6 Å². The summed E-state index contributed by atoms with van der Waals surface area (Å²) in [7, 11) is -3.43. The SMILES string of the molecule is CS(=O)(=O)NCc1cc(F)cc(-c2ccnc3[nH]c(-c4n[nH]c5ccc(-c6cncc(O)c6)nc45)cc23)c1. The molecule has 0 aliphatic carbocycles. The molecular weight excluding hydrogens is 509 g/mol. The zero-order chi connectivity index (χ0) is 26.4. The lowest BCUT2D eigenvalue weighted by Crippen LogP contribution is -2.21. The van der Waals surface area contributed by atoms with Crippen molar-refractivity contribution in [1.29, 1.82) is 0 Å². The predicted octanol–water partition coefficient (Wildman–Crippen LogP) is 4.12. The fraction of sp³-hybridized carbons (Fsp3) is 0.0769. The van der Waals surface area contributed by atoms with Crippen LogP contribution in [0.3, 0.4) is 0 Å². The number of aromatic hydroxyl groups is 1. The second-order valence-corrected chi connectivity index (χ2v) is 10.7. The first-order valence-corrected chi connectivity index (χ1v) is 13.3. The Morgan fingerprint density at radius 1 is 1.05 bits per heavy atom. The molecule has 0 saturated carbocycles. The fourth-order valence-electron chi connectivity index (χ4n) is 4.34. The maximum absolute atomic E-state index is 14.5. The third-order valence-corrected chi connectivity index (χ3v) is 6.69. The molecule has 190 valence electrons. The Bertz CT molecular complexity index is 1950. The second-order valence-electron chi connectivity index (χ2n) is 8.84. The van der Waals surface area contributed by atoms with Gasteiger partial charge in [0, 0.05) is 29.9 Å². The highest BCUT2D eigenvalue weighted by Crippen LogP contribution is 2.34. The smallest absolute Gasteiger partial charge is 0.209 e. The molecule has 0 bridgehead atoms. The fourth-order valence-corrected chi connectivity index (χ4v) is 4.77. The number of nitrogens with one attached hydrogen (secondary N) is 3. The van der Waals surface area contributed by atoms with Crippen LogP contribution in [0.1, 0.15) is 5.56 Å².